The number of nitrogen functional groups attached to an aromatic ring is 1. The van der Waals surface area contributed by atoms with Gasteiger partial charge in [-0.25, -0.2) is 4.39 Å². The van der Waals surface area contributed by atoms with E-state index in [-0.39, 0.29) is 23.1 Å². The Bertz CT molecular complexity index is 452. The Morgan fingerprint density at radius 1 is 1.39 bits per heavy atom. The molecule has 3 nitrogen and oxygen atoms in total. The topological polar surface area (TPSA) is 46.3 Å². The molecule has 4 heteroatoms. The average molecular weight is 252 g/mol. The second-order valence-corrected chi connectivity index (χ2v) is 5.69. The van der Waals surface area contributed by atoms with Gasteiger partial charge in [0.1, 0.15) is 5.82 Å². The van der Waals surface area contributed by atoms with E-state index in [1.54, 1.807) is 11.9 Å². The third kappa shape index (κ3) is 3.00. The van der Waals surface area contributed by atoms with Crippen LogP contribution in [0.5, 0.6) is 0 Å². The lowest BCUT2D eigenvalue weighted by atomic mass is 9.87. The van der Waals surface area contributed by atoms with Crippen LogP contribution in [0.1, 0.15) is 38.1 Å². The van der Waals surface area contributed by atoms with Crippen molar-refractivity contribution in [3.8, 4) is 0 Å². The third-order valence-corrected chi connectivity index (χ3v) is 3.40. The highest BCUT2D eigenvalue weighted by atomic mass is 19.1. The molecule has 18 heavy (non-hydrogen) atoms. The maximum absolute atomic E-state index is 13.0. The van der Waals surface area contributed by atoms with Crippen LogP contribution < -0.4 is 5.73 Å². The summed E-state index contributed by atoms with van der Waals surface area (Å²) in [4.78, 5) is 13.9. The Balaban J connectivity index is 3.00. The van der Waals surface area contributed by atoms with Crippen molar-refractivity contribution >= 4 is 11.6 Å². The molecular formula is C14H21FN2O. The fourth-order valence-electron chi connectivity index (χ4n) is 1.68. The number of rotatable bonds is 2. The Hall–Kier alpha value is -1.58. The van der Waals surface area contributed by atoms with E-state index >= 15 is 0 Å². The molecule has 0 heterocycles. The predicted octanol–water partition coefficient (Wildman–Crippen LogP) is 2.91. The van der Waals surface area contributed by atoms with Crippen molar-refractivity contribution in [2.45, 2.75) is 33.7 Å². The van der Waals surface area contributed by atoms with Crippen LogP contribution in [0.15, 0.2) is 18.2 Å². The molecule has 1 aromatic rings. The average Bonchev–Trinajstić information content (AvgIpc) is 2.25. The minimum Gasteiger partial charge on any atom is -0.398 e. The van der Waals surface area contributed by atoms with Crippen molar-refractivity contribution < 1.29 is 9.18 Å². The van der Waals surface area contributed by atoms with Crippen molar-refractivity contribution in [2.75, 3.05) is 12.8 Å². The summed E-state index contributed by atoms with van der Waals surface area (Å²) in [5.41, 5.74) is 6.17. The minimum absolute atomic E-state index is 0.0286. The van der Waals surface area contributed by atoms with Gasteiger partial charge in [0, 0.05) is 18.8 Å². The lowest BCUT2D eigenvalue weighted by Gasteiger charge is -2.35. The first kappa shape index (κ1) is 14.5. The largest absolute Gasteiger partial charge is 0.398 e. The van der Waals surface area contributed by atoms with Gasteiger partial charge in [-0.05, 0) is 30.5 Å². The third-order valence-electron chi connectivity index (χ3n) is 3.40. The van der Waals surface area contributed by atoms with Gasteiger partial charge in [-0.15, -0.1) is 0 Å². The fraction of sp³-hybridized carbons (Fsp3) is 0.500. The monoisotopic (exact) mass is 252 g/mol. The fourth-order valence-corrected chi connectivity index (χ4v) is 1.68. The predicted molar refractivity (Wildman–Crippen MR) is 71.8 cm³/mol. The summed E-state index contributed by atoms with van der Waals surface area (Å²) in [7, 11) is 1.74. The SMILES string of the molecule is CC(N(C)C(=O)c1ccc(F)cc1N)C(C)(C)C. The number of nitrogens with two attached hydrogens (primary N) is 1. The van der Waals surface area contributed by atoms with Gasteiger partial charge in [-0.1, -0.05) is 20.8 Å². The lowest BCUT2D eigenvalue weighted by Crippen LogP contribution is -2.43. The highest BCUT2D eigenvalue weighted by molar-refractivity contribution is 5.99. The molecule has 0 saturated heterocycles. The summed E-state index contributed by atoms with van der Waals surface area (Å²) >= 11 is 0. The molecule has 1 rings (SSSR count). The zero-order valence-corrected chi connectivity index (χ0v) is 11.6. The molecule has 0 aliphatic heterocycles. The zero-order valence-electron chi connectivity index (χ0n) is 11.6. The van der Waals surface area contributed by atoms with Crippen LogP contribution in [0.25, 0.3) is 0 Å². The van der Waals surface area contributed by atoms with Crippen LogP contribution in [-0.4, -0.2) is 23.9 Å². The van der Waals surface area contributed by atoms with E-state index in [1.165, 1.54) is 18.2 Å². The van der Waals surface area contributed by atoms with E-state index in [0.29, 0.717) is 5.56 Å². The first-order valence-electron chi connectivity index (χ1n) is 5.96. The lowest BCUT2D eigenvalue weighted by molar-refractivity contribution is 0.0630. The van der Waals surface area contributed by atoms with Crippen molar-refractivity contribution in [2.24, 2.45) is 5.41 Å². The Morgan fingerprint density at radius 3 is 2.39 bits per heavy atom. The molecule has 1 atom stereocenters. The molecule has 100 valence electrons. The second kappa shape index (κ2) is 4.96. The number of nitrogens with zero attached hydrogens (tertiary/aromatic N) is 1. The van der Waals surface area contributed by atoms with Crippen LogP contribution in [0, 0.1) is 11.2 Å². The number of amides is 1. The summed E-state index contributed by atoms with van der Waals surface area (Å²) in [5, 5.41) is 0. The van der Waals surface area contributed by atoms with Gasteiger partial charge in [-0.2, -0.15) is 0 Å². The molecule has 1 unspecified atom stereocenters. The van der Waals surface area contributed by atoms with Gasteiger partial charge >= 0.3 is 0 Å². The van der Waals surface area contributed by atoms with Gasteiger partial charge in [-0.3, -0.25) is 4.79 Å². The number of carbonyl (C=O) groups excluding carboxylic acids is 1. The number of hydrogen-bond acceptors (Lipinski definition) is 2. The molecule has 0 bridgehead atoms. The summed E-state index contributed by atoms with van der Waals surface area (Å²) in [5.74, 6) is -0.620. The van der Waals surface area contributed by atoms with Crippen LogP contribution in [0.4, 0.5) is 10.1 Å². The van der Waals surface area contributed by atoms with E-state index in [1.807, 2.05) is 6.92 Å². The summed E-state index contributed by atoms with van der Waals surface area (Å²) in [6.45, 7) is 8.18. The number of benzene rings is 1. The number of anilines is 1. The molecule has 0 fully saturated rings. The van der Waals surface area contributed by atoms with Crippen molar-refractivity contribution in [3.63, 3.8) is 0 Å². The molecule has 0 saturated carbocycles. The van der Waals surface area contributed by atoms with Crippen molar-refractivity contribution in [1.82, 2.24) is 4.90 Å². The van der Waals surface area contributed by atoms with E-state index < -0.39 is 5.82 Å². The molecule has 0 aromatic heterocycles. The first-order chi connectivity index (χ1) is 8.14. The van der Waals surface area contributed by atoms with Crippen LogP contribution in [0.2, 0.25) is 0 Å². The van der Waals surface area contributed by atoms with Gasteiger partial charge in [0.05, 0.1) is 5.56 Å². The number of carbonyl (C=O) groups is 1. The summed E-state index contributed by atoms with van der Waals surface area (Å²) < 4.78 is 13.0. The zero-order chi connectivity index (χ0) is 14.1. The van der Waals surface area contributed by atoms with Crippen molar-refractivity contribution in [3.05, 3.63) is 29.6 Å². The van der Waals surface area contributed by atoms with Crippen LogP contribution >= 0.6 is 0 Å². The molecule has 2 N–H and O–H groups in total. The van der Waals surface area contributed by atoms with E-state index in [4.69, 9.17) is 5.73 Å². The number of hydrogen-bond donors (Lipinski definition) is 1. The smallest absolute Gasteiger partial charge is 0.255 e. The van der Waals surface area contributed by atoms with Gasteiger partial charge < -0.3 is 10.6 Å². The van der Waals surface area contributed by atoms with E-state index in [9.17, 15) is 9.18 Å². The molecule has 0 aliphatic carbocycles. The van der Waals surface area contributed by atoms with Crippen LogP contribution in [0.3, 0.4) is 0 Å². The summed E-state index contributed by atoms with van der Waals surface area (Å²) in [6.07, 6.45) is 0. The van der Waals surface area contributed by atoms with Gasteiger partial charge in [0.25, 0.3) is 5.91 Å². The van der Waals surface area contributed by atoms with Crippen LogP contribution in [-0.2, 0) is 0 Å². The van der Waals surface area contributed by atoms with Gasteiger partial charge in [0.2, 0.25) is 0 Å². The molecule has 1 aromatic carbocycles. The maximum Gasteiger partial charge on any atom is 0.255 e. The number of halogens is 1. The summed E-state index contributed by atoms with van der Waals surface area (Å²) in [6, 6.07) is 3.90. The maximum atomic E-state index is 13.0. The molecule has 0 spiro atoms. The molecular weight excluding hydrogens is 231 g/mol. The van der Waals surface area contributed by atoms with E-state index in [0.717, 1.165) is 0 Å². The molecule has 1 amide bonds. The molecule has 0 aliphatic rings. The van der Waals surface area contributed by atoms with E-state index in [2.05, 4.69) is 20.8 Å². The Morgan fingerprint density at radius 2 is 1.94 bits per heavy atom. The highest BCUT2D eigenvalue weighted by Gasteiger charge is 2.28. The standard InChI is InChI=1S/C14H21FN2O/c1-9(14(2,3)4)17(5)13(18)11-7-6-10(15)8-12(11)16/h6-9H,16H2,1-5H3. The highest BCUT2D eigenvalue weighted by Crippen LogP contribution is 2.25. The second-order valence-electron chi connectivity index (χ2n) is 5.69. The Labute approximate surface area is 108 Å². The quantitative estimate of drug-likeness (QED) is 0.823. The first-order valence-corrected chi connectivity index (χ1v) is 5.96. The van der Waals surface area contributed by atoms with Crippen molar-refractivity contribution in [1.29, 1.82) is 0 Å². The van der Waals surface area contributed by atoms with Gasteiger partial charge in [0.15, 0.2) is 0 Å². The minimum atomic E-state index is -0.435. The normalized spacial score (nSPS) is 13.2. The Kier molecular flexibility index (Phi) is 3.99. The molecule has 0 radical (unpaired) electrons.